The van der Waals surface area contributed by atoms with Gasteiger partial charge in [-0.05, 0) is 0 Å². The van der Waals surface area contributed by atoms with Crippen LogP contribution in [-0.2, 0) is 33.5 Å². The fraction of sp³-hybridized carbons (Fsp3) is 1.00. The van der Waals surface area contributed by atoms with E-state index in [1.54, 1.807) is 0 Å². The van der Waals surface area contributed by atoms with Crippen LogP contribution in [-0.4, -0.2) is 6.61 Å². The molecule has 1 nitrogen and oxygen atoms in total. The van der Waals surface area contributed by atoms with Gasteiger partial charge in [-0.2, -0.15) is 0 Å². The Morgan fingerprint density at radius 3 is 2.25 bits per heavy atom. The molecule has 0 aromatic rings. The molecule has 22 valence electrons. The number of hydrogen-bond acceptors (Lipinski definition) is 1. The third kappa shape index (κ3) is 3.06. The van der Waals surface area contributed by atoms with Gasteiger partial charge >= 0.3 is 47.0 Å². The molecule has 0 rings (SSSR count). The van der Waals surface area contributed by atoms with Crippen molar-refractivity contribution in [2.24, 2.45) is 0 Å². The van der Waals surface area contributed by atoms with E-state index in [9.17, 15) is 0 Å². The summed E-state index contributed by atoms with van der Waals surface area (Å²) in [4.78, 5) is 0. The van der Waals surface area contributed by atoms with Crippen LogP contribution >= 0.6 is 0 Å². The maximum atomic E-state index is 4.67. The average molecular weight is 134 g/mol. The summed E-state index contributed by atoms with van der Waals surface area (Å²) >= 11 is 0.940. The van der Waals surface area contributed by atoms with E-state index in [2.05, 4.69) is 2.05 Å². The molecule has 0 atom stereocenters. The summed E-state index contributed by atoms with van der Waals surface area (Å²) in [6.45, 7) is 2.87. The normalized spacial score (nSPS) is 7.00. The van der Waals surface area contributed by atoms with E-state index in [0.29, 0.717) is 0 Å². The fourth-order valence-corrected chi connectivity index (χ4v) is 0. The van der Waals surface area contributed by atoms with E-state index in [0.717, 1.165) is 38.1 Å². The SMILES string of the molecule is CC[O][Y]. The van der Waals surface area contributed by atoms with Gasteiger partial charge in [-0.3, -0.25) is 0 Å². The van der Waals surface area contributed by atoms with Gasteiger partial charge in [0.25, 0.3) is 0 Å². The van der Waals surface area contributed by atoms with E-state index in [1.807, 2.05) is 6.92 Å². The molecule has 0 N–H and O–H groups in total. The van der Waals surface area contributed by atoms with E-state index in [4.69, 9.17) is 0 Å². The minimum atomic E-state index is 0.877. The average Bonchev–Trinajstić information content (AvgIpc) is 1.37. The van der Waals surface area contributed by atoms with Crippen LogP contribution in [0.5, 0.6) is 0 Å². The van der Waals surface area contributed by atoms with Gasteiger partial charge in [0, 0.05) is 0 Å². The Kier molecular flexibility index (Phi) is 5.14. The Hall–Kier alpha value is 1.06. The molecular formula is C2H5OY. The summed E-state index contributed by atoms with van der Waals surface area (Å²) in [5.74, 6) is 0. The summed E-state index contributed by atoms with van der Waals surface area (Å²) < 4.78 is 4.67. The number of rotatable bonds is 1. The van der Waals surface area contributed by atoms with Crippen LogP contribution < -0.4 is 0 Å². The second-order valence-electron chi connectivity index (χ2n) is 0.455. The van der Waals surface area contributed by atoms with Gasteiger partial charge in [0.1, 0.15) is 0 Å². The summed E-state index contributed by atoms with van der Waals surface area (Å²) in [6.07, 6.45) is 0. The first-order valence-electron chi connectivity index (χ1n) is 1.23. The second kappa shape index (κ2) is 4.06. The van der Waals surface area contributed by atoms with Crippen LogP contribution in [0.25, 0.3) is 0 Å². The first-order valence-corrected chi connectivity index (χ1v) is 2.39. The van der Waals surface area contributed by atoms with Crippen LogP contribution in [0.1, 0.15) is 6.92 Å². The molecule has 0 bridgehead atoms. The molecule has 0 amide bonds. The molecule has 0 aliphatic heterocycles. The van der Waals surface area contributed by atoms with Gasteiger partial charge < -0.3 is 0 Å². The first-order chi connectivity index (χ1) is 1.91. The predicted molar refractivity (Wildman–Crippen MR) is 11.6 cm³/mol. The molecule has 0 spiro atoms. The molecule has 0 aromatic heterocycles. The molecule has 4 heavy (non-hydrogen) atoms. The van der Waals surface area contributed by atoms with E-state index >= 15 is 0 Å². The second-order valence-corrected chi connectivity index (χ2v) is 1.27. The molecule has 0 unspecified atom stereocenters. The van der Waals surface area contributed by atoms with Crippen molar-refractivity contribution < 1.29 is 33.5 Å². The van der Waals surface area contributed by atoms with Crippen LogP contribution in [0, 0.1) is 0 Å². The molecule has 0 radical (unpaired) electrons. The van der Waals surface area contributed by atoms with Crippen molar-refractivity contribution in [3.05, 3.63) is 0 Å². The van der Waals surface area contributed by atoms with E-state index in [1.165, 1.54) is 0 Å². The molecule has 0 aliphatic rings. The van der Waals surface area contributed by atoms with Crippen molar-refractivity contribution in [1.82, 2.24) is 0 Å². The molecule has 0 aromatic carbocycles. The van der Waals surface area contributed by atoms with Gasteiger partial charge in [-0.1, -0.05) is 0 Å². The molecule has 0 aliphatic carbocycles. The van der Waals surface area contributed by atoms with Crippen molar-refractivity contribution in [3.63, 3.8) is 0 Å². The molecule has 2 heteroatoms. The minimum absolute atomic E-state index is 0.877. The monoisotopic (exact) mass is 134 g/mol. The van der Waals surface area contributed by atoms with Crippen molar-refractivity contribution >= 4 is 0 Å². The van der Waals surface area contributed by atoms with Gasteiger partial charge in [0.05, 0.1) is 0 Å². The van der Waals surface area contributed by atoms with Gasteiger partial charge in [0.15, 0.2) is 0 Å². The standard InChI is InChI=1S/C2H5O.Y/c1-2-3;/h2H2,1H3;/q-1;+1. The molecule has 0 heterocycles. The summed E-state index contributed by atoms with van der Waals surface area (Å²) in [5, 5.41) is 0. The van der Waals surface area contributed by atoms with Gasteiger partial charge in [0.2, 0.25) is 0 Å². The molecule has 0 saturated heterocycles. The van der Waals surface area contributed by atoms with Crippen molar-refractivity contribution in [1.29, 1.82) is 0 Å². The maximum absolute atomic E-state index is 4.67. The van der Waals surface area contributed by atoms with E-state index in [-0.39, 0.29) is 0 Å². The van der Waals surface area contributed by atoms with Crippen LogP contribution in [0.4, 0.5) is 0 Å². The zero-order valence-electron chi connectivity index (χ0n) is 2.69. The van der Waals surface area contributed by atoms with Crippen LogP contribution in [0.3, 0.4) is 0 Å². The van der Waals surface area contributed by atoms with Crippen molar-refractivity contribution in [2.75, 3.05) is 6.61 Å². The van der Waals surface area contributed by atoms with Gasteiger partial charge in [-0.15, -0.1) is 0 Å². The van der Waals surface area contributed by atoms with Crippen LogP contribution in [0.2, 0.25) is 0 Å². The summed E-state index contributed by atoms with van der Waals surface area (Å²) in [7, 11) is 0. The van der Waals surface area contributed by atoms with Crippen LogP contribution in [0.15, 0.2) is 0 Å². The molecular weight excluding hydrogens is 129 g/mol. The van der Waals surface area contributed by atoms with E-state index < -0.39 is 0 Å². The van der Waals surface area contributed by atoms with Crippen molar-refractivity contribution in [2.45, 2.75) is 6.92 Å². The Bertz CT molecular complexity index is 8.00. The number of hydrogen-bond donors (Lipinski definition) is 0. The zero-order valence-corrected chi connectivity index (χ0v) is 5.53. The predicted octanol–water partition coefficient (Wildman–Crippen LogP) is 0.485. The quantitative estimate of drug-likeness (QED) is 0.506. The molecule has 0 fully saturated rings. The van der Waals surface area contributed by atoms with Crippen molar-refractivity contribution in [3.8, 4) is 0 Å². The topological polar surface area (TPSA) is 9.23 Å². The Morgan fingerprint density at radius 1 is 2.00 bits per heavy atom. The Balaban J connectivity index is 1.97. The summed E-state index contributed by atoms with van der Waals surface area (Å²) in [5.41, 5.74) is 0. The first kappa shape index (κ1) is 5.06. The third-order valence-corrected chi connectivity index (χ3v) is 0.986. The Labute approximate surface area is 47.0 Å². The summed E-state index contributed by atoms with van der Waals surface area (Å²) in [6, 6.07) is 0. The van der Waals surface area contributed by atoms with Gasteiger partial charge in [-0.25, -0.2) is 0 Å². The zero-order chi connectivity index (χ0) is 3.41. The third-order valence-electron chi connectivity index (χ3n) is 0.167. The fourth-order valence-electron chi connectivity index (χ4n) is 0. The molecule has 0 saturated carbocycles. The Morgan fingerprint density at radius 2 is 2.25 bits per heavy atom.